The van der Waals surface area contributed by atoms with Crippen LogP contribution in [0.2, 0.25) is 0 Å². The zero-order chi connectivity index (χ0) is 24.0. The van der Waals surface area contributed by atoms with Crippen molar-refractivity contribution in [3.8, 4) is 0 Å². The number of benzene rings is 1. The highest BCUT2D eigenvalue weighted by Crippen LogP contribution is 2.70. The van der Waals surface area contributed by atoms with Gasteiger partial charge >= 0.3 is 0 Å². The van der Waals surface area contributed by atoms with E-state index in [2.05, 4.69) is 41.9 Å². The molecule has 2 aromatic rings. The standard InChI is InChI=1S/C27H33BrFN3O2/c1-23(2,3)21-30-20(31-34-21)25-10-7-24(8-11-25,9-12-25)17-32(19-6-4-5-18(28)13-19)22(33)26-14-27(29,15-26)16-26/h4-6,13H,7-12,14-17H2,1-3H3. The van der Waals surface area contributed by atoms with E-state index in [9.17, 15) is 9.18 Å². The molecule has 8 rings (SSSR count). The van der Waals surface area contributed by atoms with E-state index in [0.29, 0.717) is 31.7 Å². The van der Waals surface area contributed by atoms with Crippen LogP contribution in [0, 0.1) is 10.8 Å². The van der Waals surface area contributed by atoms with E-state index >= 15 is 0 Å². The summed E-state index contributed by atoms with van der Waals surface area (Å²) in [6, 6.07) is 7.99. The molecular formula is C27H33BrFN3O2. The van der Waals surface area contributed by atoms with E-state index in [1.807, 2.05) is 29.2 Å². The zero-order valence-electron chi connectivity index (χ0n) is 20.3. The summed E-state index contributed by atoms with van der Waals surface area (Å²) in [5, 5.41) is 4.41. The largest absolute Gasteiger partial charge is 0.339 e. The highest BCUT2D eigenvalue weighted by atomic mass is 79.9. The first-order valence-electron chi connectivity index (χ1n) is 12.6. The van der Waals surface area contributed by atoms with Crippen LogP contribution in [0.25, 0.3) is 0 Å². The molecule has 34 heavy (non-hydrogen) atoms. The fourth-order valence-electron chi connectivity index (χ4n) is 7.02. The lowest BCUT2D eigenvalue weighted by Gasteiger charge is -2.65. The number of rotatable bonds is 5. The number of halogens is 2. The topological polar surface area (TPSA) is 59.2 Å². The van der Waals surface area contributed by atoms with Crippen LogP contribution in [0.3, 0.4) is 0 Å². The van der Waals surface area contributed by atoms with E-state index in [4.69, 9.17) is 9.51 Å². The molecule has 5 nitrogen and oxygen atoms in total. The van der Waals surface area contributed by atoms with Crippen LogP contribution in [0.15, 0.2) is 33.3 Å². The average molecular weight is 530 g/mol. The quantitative estimate of drug-likeness (QED) is 0.435. The first-order valence-corrected chi connectivity index (χ1v) is 13.4. The molecule has 0 saturated heterocycles. The Balaban J connectivity index is 1.23. The summed E-state index contributed by atoms with van der Waals surface area (Å²) >= 11 is 3.57. The Labute approximate surface area is 209 Å². The number of hydrogen-bond donors (Lipinski definition) is 0. The second-order valence-electron chi connectivity index (χ2n) is 12.8. The zero-order valence-corrected chi connectivity index (χ0v) is 21.9. The number of amides is 1. The lowest BCUT2D eigenvalue weighted by atomic mass is 9.41. The molecule has 1 amide bonds. The van der Waals surface area contributed by atoms with Crippen LogP contribution in [-0.4, -0.2) is 28.3 Å². The molecule has 0 atom stereocenters. The highest BCUT2D eigenvalue weighted by Gasteiger charge is 2.73. The van der Waals surface area contributed by atoms with Gasteiger partial charge in [-0.1, -0.05) is 47.9 Å². The molecule has 0 aliphatic heterocycles. The van der Waals surface area contributed by atoms with Gasteiger partial charge in [0.1, 0.15) is 5.67 Å². The summed E-state index contributed by atoms with van der Waals surface area (Å²) in [5.74, 6) is 1.69. The van der Waals surface area contributed by atoms with Gasteiger partial charge in [-0.2, -0.15) is 4.98 Å². The lowest BCUT2D eigenvalue weighted by molar-refractivity contribution is -0.211. The fraction of sp³-hybridized carbons (Fsp3) is 0.667. The van der Waals surface area contributed by atoms with E-state index in [0.717, 1.165) is 54.5 Å². The Kier molecular flexibility index (Phi) is 4.77. The molecule has 6 saturated carbocycles. The van der Waals surface area contributed by atoms with Crippen LogP contribution in [0.4, 0.5) is 10.1 Å². The normalized spacial score (nSPS) is 36.0. The lowest BCUT2D eigenvalue weighted by Crippen LogP contribution is -2.71. The Morgan fingerprint density at radius 3 is 2.29 bits per heavy atom. The van der Waals surface area contributed by atoms with Gasteiger partial charge in [0.2, 0.25) is 11.8 Å². The van der Waals surface area contributed by atoms with Gasteiger partial charge in [-0.15, -0.1) is 0 Å². The summed E-state index contributed by atoms with van der Waals surface area (Å²) in [4.78, 5) is 20.6. The molecular weight excluding hydrogens is 497 g/mol. The average Bonchev–Trinajstić information content (AvgIpc) is 3.27. The van der Waals surface area contributed by atoms with Crippen molar-refractivity contribution < 1.29 is 13.7 Å². The molecule has 0 spiro atoms. The summed E-state index contributed by atoms with van der Waals surface area (Å²) in [7, 11) is 0. The van der Waals surface area contributed by atoms with Crippen molar-refractivity contribution in [3.05, 3.63) is 40.5 Å². The number of carbonyl (C=O) groups excluding carboxylic acids is 1. The SMILES string of the molecule is CC(C)(C)c1nc(C23CCC(CN(C(=O)C45CC(F)(C4)C5)c4cccc(Br)c4)(CC2)CC3)no1. The third kappa shape index (κ3) is 3.40. The first kappa shape index (κ1) is 22.7. The van der Waals surface area contributed by atoms with Crippen LogP contribution < -0.4 is 4.90 Å². The molecule has 6 fully saturated rings. The number of hydrogen-bond acceptors (Lipinski definition) is 4. The van der Waals surface area contributed by atoms with Gasteiger partial charge in [0, 0.05) is 27.5 Å². The van der Waals surface area contributed by atoms with Gasteiger partial charge in [0.05, 0.1) is 5.41 Å². The van der Waals surface area contributed by atoms with E-state index in [1.165, 1.54) is 0 Å². The van der Waals surface area contributed by atoms with Gasteiger partial charge in [0.25, 0.3) is 0 Å². The Morgan fingerprint density at radius 1 is 1.12 bits per heavy atom. The first-order chi connectivity index (χ1) is 16.0. The number of fused-ring (bicyclic) bond motifs is 3. The van der Waals surface area contributed by atoms with Crippen molar-refractivity contribution in [2.45, 2.75) is 95.1 Å². The maximum atomic E-state index is 14.3. The third-order valence-electron chi connectivity index (χ3n) is 9.22. The van der Waals surface area contributed by atoms with Crippen LogP contribution in [0.5, 0.6) is 0 Å². The summed E-state index contributed by atoms with van der Waals surface area (Å²) < 4.78 is 20.9. The van der Waals surface area contributed by atoms with Gasteiger partial charge < -0.3 is 9.42 Å². The van der Waals surface area contributed by atoms with Crippen LogP contribution >= 0.6 is 15.9 Å². The van der Waals surface area contributed by atoms with E-state index in [1.54, 1.807) is 0 Å². The molecule has 7 heteroatoms. The minimum absolute atomic E-state index is 0.00612. The number of nitrogens with zero attached hydrogens (tertiary/aromatic N) is 3. The van der Waals surface area contributed by atoms with E-state index < -0.39 is 11.1 Å². The molecule has 6 aliphatic carbocycles. The molecule has 6 aliphatic rings. The molecule has 182 valence electrons. The number of alkyl halides is 1. The minimum atomic E-state index is -1.08. The summed E-state index contributed by atoms with van der Waals surface area (Å²) in [5.41, 5.74) is -0.709. The minimum Gasteiger partial charge on any atom is -0.339 e. The highest BCUT2D eigenvalue weighted by molar-refractivity contribution is 9.10. The van der Waals surface area contributed by atoms with Gasteiger partial charge in [-0.3, -0.25) is 4.79 Å². The van der Waals surface area contributed by atoms with Crippen molar-refractivity contribution in [1.82, 2.24) is 10.1 Å². The van der Waals surface area contributed by atoms with E-state index in [-0.39, 0.29) is 22.2 Å². The van der Waals surface area contributed by atoms with Gasteiger partial charge in [-0.05, 0) is 81.4 Å². The van der Waals surface area contributed by atoms with Crippen molar-refractivity contribution in [1.29, 1.82) is 0 Å². The smallest absolute Gasteiger partial charge is 0.233 e. The second kappa shape index (κ2) is 7.14. The molecule has 1 heterocycles. The Morgan fingerprint density at radius 2 is 1.76 bits per heavy atom. The monoisotopic (exact) mass is 529 g/mol. The summed E-state index contributed by atoms with van der Waals surface area (Å²) in [6.45, 7) is 7.00. The molecule has 0 N–H and O–H groups in total. The van der Waals surface area contributed by atoms with Crippen molar-refractivity contribution in [2.75, 3.05) is 11.4 Å². The predicted molar refractivity (Wildman–Crippen MR) is 131 cm³/mol. The van der Waals surface area contributed by atoms with Crippen molar-refractivity contribution >= 4 is 27.5 Å². The van der Waals surface area contributed by atoms with Crippen LogP contribution in [0.1, 0.15) is 90.3 Å². The van der Waals surface area contributed by atoms with Crippen molar-refractivity contribution in [2.24, 2.45) is 10.8 Å². The second-order valence-corrected chi connectivity index (χ2v) is 13.7. The van der Waals surface area contributed by atoms with Crippen LogP contribution in [-0.2, 0) is 15.6 Å². The maximum Gasteiger partial charge on any atom is 0.233 e. The van der Waals surface area contributed by atoms with Gasteiger partial charge in [0.15, 0.2) is 5.82 Å². The molecule has 1 aromatic carbocycles. The Hall–Kier alpha value is -1.76. The fourth-order valence-corrected chi connectivity index (χ4v) is 7.40. The Bertz CT molecular complexity index is 1110. The number of carbonyl (C=O) groups is 1. The predicted octanol–water partition coefficient (Wildman–Crippen LogP) is 6.65. The maximum absolute atomic E-state index is 14.3. The number of aromatic nitrogens is 2. The number of anilines is 1. The van der Waals surface area contributed by atoms with Crippen molar-refractivity contribution in [3.63, 3.8) is 0 Å². The molecule has 0 unspecified atom stereocenters. The summed E-state index contributed by atoms with van der Waals surface area (Å²) in [6.07, 6.45) is 7.40. The third-order valence-corrected chi connectivity index (χ3v) is 9.71. The molecule has 1 aromatic heterocycles. The molecule has 0 radical (unpaired) electrons. The molecule has 4 bridgehead atoms. The van der Waals surface area contributed by atoms with Gasteiger partial charge in [-0.25, -0.2) is 4.39 Å².